The fourth-order valence-electron chi connectivity index (χ4n) is 2.78. The zero-order valence-corrected chi connectivity index (χ0v) is 13.2. The molecule has 1 N–H and O–H groups in total. The first kappa shape index (κ1) is 15.8. The molecule has 0 aromatic heterocycles. The van der Waals surface area contributed by atoms with Gasteiger partial charge in [0, 0.05) is 45.2 Å². The lowest BCUT2D eigenvalue weighted by Gasteiger charge is -2.18. The maximum Gasteiger partial charge on any atom is 0.222 e. The Kier molecular flexibility index (Phi) is 5.23. The molecule has 1 saturated heterocycles. The molecule has 2 rings (SSSR count). The van der Waals surface area contributed by atoms with Crippen LogP contribution in [0.25, 0.3) is 0 Å². The van der Waals surface area contributed by atoms with E-state index in [4.69, 9.17) is 0 Å². The van der Waals surface area contributed by atoms with E-state index in [1.807, 2.05) is 25.9 Å². The smallest absolute Gasteiger partial charge is 0.222 e. The highest BCUT2D eigenvalue weighted by Crippen LogP contribution is 2.21. The van der Waals surface area contributed by atoms with Crippen LogP contribution in [0.1, 0.15) is 25.3 Å². The topological polar surface area (TPSA) is 43.8 Å². The first-order valence-electron chi connectivity index (χ1n) is 7.69. The fraction of sp³-hybridized carbons (Fsp3) is 0.588. The number of rotatable bonds is 5. The summed E-state index contributed by atoms with van der Waals surface area (Å²) in [5.41, 5.74) is 2.37. The predicted molar refractivity (Wildman–Crippen MR) is 85.5 cm³/mol. The van der Waals surface area contributed by atoms with Crippen LogP contribution in [0.4, 0.5) is 5.69 Å². The molecule has 2 atom stereocenters. The van der Waals surface area contributed by atoms with Crippen molar-refractivity contribution >= 4 is 11.6 Å². The molecule has 0 aliphatic carbocycles. The van der Waals surface area contributed by atoms with Gasteiger partial charge in [-0.25, -0.2) is 0 Å². The van der Waals surface area contributed by atoms with Crippen molar-refractivity contribution in [3.63, 3.8) is 0 Å². The number of hydrogen-bond donors (Lipinski definition) is 1. The van der Waals surface area contributed by atoms with Gasteiger partial charge >= 0.3 is 0 Å². The summed E-state index contributed by atoms with van der Waals surface area (Å²) in [5, 5.41) is 9.59. The van der Waals surface area contributed by atoms with Crippen molar-refractivity contribution in [2.24, 2.45) is 5.92 Å². The van der Waals surface area contributed by atoms with E-state index in [0.29, 0.717) is 13.0 Å². The maximum atomic E-state index is 12.2. The van der Waals surface area contributed by atoms with Gasteiger partial charge in [-0.05, 0) is 37.5 Å². The molecule has 1 aromatic rings. The average molecular weight is 290 g/mol. The van der Waals surface area contributed by atoms with Crippen LogP contribution in [-0.4, -0.2) is 49.2 Å². The van der Waals surface area contributed by atoms with Crippen molar-refractivity contribution < 1.29 is 9.90 Å². The highest BCUT2D eigenvalue weighted by atomic mass is 16.3. The van der Waals surface area contributed by atoms with E-state index in [9.17, 15) is 9.90 Å². The lowest BCUT2D eigenvalue weighted by molar-refractivity contribution is -0.130. The summed E-state index contributed by atoms with van der Waals surface area (Å²) in [6.07, 6.45) is 1.93. The lowest BCUT2D eigenvalue weighted by atomic mass is 10.0. The Morgan fingerprint density at radius 1 is 1.38 bits per heavy atom. The highest BCUT2D eigenvalue weighted by Gasteiger charge is 2.28. The SMILES string of the molecule is CC(O)C1CCN(C(=O)CCc2ccc(N(C)C)cc2)C1. The normalized spacial score (nSPS) is 19.6. The van der Waals surface area contributed by atoms with E-state index < -0.39 is 0 Å². The molecule has 1 fully saturated rings. The standard InChI is InChI=1S/C17H26N2O2/c1-13(20)15-10-11-19(12-15)17(21)9-6-14-4-7-16(8-5-14)18(2)3/h4-5,7-8,13,15,20H,6,9-12H2,1-3H3. The third-order valence-corrected chi connectivity index (χ3v) is 4.34. The van der Waals surface area contributed by atoms with Gasteiger partial charge in [0.05, 0.1) is 6.10 Å². The number of amides is 1. The number of carbonyl (C=O) groups is 1. The number of hydrogen-bond acceptors (Lipinski definition) is 3. The lowest BCUT2D eigenvalue weighted by Crippen LogP contribution is -2.30. The Morgan fingerprint density at radius 3 is 2.57 bits per heavy atom. The van der Waals surface area contributed by atoms with Crippen molar-refractivity contribution in [3.05, 3.63) is 29.8 Å². The molecule has 0 bridgehead atoms. The first-order valence-corrected chi connectivity index (χ1v) is 7.69. The molecule has 116 valence electrons. The summed E-state index contributed by atoms with van der Waals surface area (Å²) in [4.78, 5) is 16.2. The number of aliphatic hydroxyl groups excluding tert-OH is 1. The summed E-state index contributed by atoms with van der Waals surface area (Å²) in [5.74, 6) is 0.447. The molecule has 21 heavy (non-hydrogen) atoms. The van der Waals surface area contributed by atoms with Crippen LogP contribution in [0.15, 0.2) is 24.3 Å². The van der Waals surface area contributed by atoms with Gasteiger partial charge in [0.25, 0.3) is 0 Å². The second-order valence-corrected chi connectivity index (χ2v) is 6.19. The summed E-state index contributed by atoms with van der Waals surface area (Å²) in [6.45, 7) is 3.30. The van der Waals surface area contributed by atoms with E-state index in [2.05, 4.69) is 29.2 Å². The largest absolute Gasteiger partial charge is 0.393 e. The molecule has 2 unspecified atom stereocenters. The van der Waals surface area contributed by atoms with Crippen molar-refractivity contribution in [3.8, 4) is 0 Å². The Bertz CT molecular complexity index is 468. The molecule has 1 aromatic carbocycles. The van der Waals surface area contributed by atoms with E-state index in [1.54, 1.807) is 0 Å². The minimum atomic E-state index is -0.318. The number of aliphatic hydroxyl groups is 1. The number of benzene rings is 1. The molecule has 0 radical (unpaired) electrons. The summed E-state index contributed by atoms with van der Waals surface area (Å²) >= 11 is 0. The van der Waals surface area contributed by atoms with Crippen molar-refractivity contribution in [1.29, 1.82) is 0 Å². The van der Waals surface area contributed by atoms with Crippen LogP contribution in [-0.2, 0) is 11.2 Å². The Hall–Kier alpha value is -1.55. The third kappa shape index (κ3) is 4.21. The monoisotopic (exact) mass is 290 g/mol. The van der Waals surface area contributed by atoms with Crippen LogP contribution in [0.2, 0.25) is 0 Å². The van der Waals surface area contributed by atoms with Gasteiger partial charge in [-0.3, -0.25) is 4.79 Å². The fourth-order valence-corrected chi connectivity index (χ4v) is 2.78. The number of carbonyl (C=O) groups excluding carboxylic acids is 1. The number of aryl methyl sites for hydroxylation is 1. The van der Waals surface area contributed by atoms with Gasteiger partial charge in [-0.1, -0.05) is 12.1 Å². The molecular formula is C17H26N2O2. The zero-order chi connectivity index (χ0) is 15.4. The van der Waals surface area contributed by atoms with Gasteiger partial charge in [-0.15, -0.1) is 0 Å². The average Bonchev–Trinajstić information content (AvgIpc) is 2.95. The molecule has 1 amide bonds. The van der Waals surface area contributed by atoms with Crippen LogP contribution in [0.5, 0.6) is 0 Å². The second-order valence-electron chi connectivity index (χ2n) is 6.19. The van der Waals surface area contributed by atoms with E-state index in [-0.39, 0.29) is 17.9 Å². The zero-order valence-electron chi connectivity index (χ0n) is 13.2. The van der Waals surface area contributed by atoms with Crippen LogP contribution in [0, 0.1) is 5.92 Å². The molecule has 0 spiro atoms. The number of anilines is 1. The third-order valence-electron chi connectivity index (χ3n) is 4.34. The summed E-state index contributed by atoms with van der Waals surface area (Å²) in [6, 6.07) is 8.34. The molecular weight excluding hydrogens is 264 g/mol. The van der Waals surface area contributed by atoms with Crippen LogP contribution < -0.4 is 4.90 Å². The Balaban J connectivity index is 1.81. The Labute approximate surface area is 127 Å². The second kappa shape index (κ2) is 6.94. The van der Waals surface area contributed by atoms with Crippen LogP contribution in [0.3, 0.4) is 0 Å². The van der Waals surface area contributed by atoms with Crippen molar-refractivity contribution in [2.45, 2.75) is 32.3 Å². The van der Waals surface area contributed by atoms with Gasteiger partial charge in [0.15, 0.2) is 0 Å². The van der Waals surface area contributed by atoms with E-state index >= 15 is 0 Å². The van der Waals surface area contributed by atoms with Gasteiger partial charge in [-0.2, -0.15) is 0 Å². The van der Waals surface area contributed by atoms with Gasteiger partial charge < -0.3 is 14.9 Å². The van der Waals surface area contributed by atoms with Gasteiger partial charge in [0.2, 0.25) is 5.91 Å². The van der Waals surface area contributed by atoms with Crippen LogP contribution >= 0.6 is 0 Å². The highest BCUT2D eigenvalue weighted by molar-refractivity contribution is 5.76. The maximum absolute atomic E-state index is 12.2. The van der Waals surface area contributed by atoms with E-state index in [1.165, 1.54) is 11.3 Å². The predicted octanol–water partition coefficient (Wildman–Crippen LogP) is 1.91. The minimum absolute atomic E-state index is 0.204. The molecule has 1 aliphatic heterocycles. The summed E-state index contributed by atoms with van der Waals surface area (Å²) < 4.78 is 0. The van der Waals surface area contributed by atoms with Crippen molar-refractivity contribution in [2.75, 3.05) is 32.1 Å². The van der Waals surface area contributed by atoms with E-state index in [0.717, 1.165) is 19.4 Å². The minimum Gasteiger partial charge on any atom is -0.393 e. The quantitative estimate of drug-likeness (QED) is 0.901. The first-order chi connectivity index (χ1) is 9.97. The molecule has 1 aliphatic rings. The summed E-state index contributed by atoms with van der Waals surface area (Å²) in [7, 11) is 4.04. The molecule has 4 heteroatoms. The molecule has 4 nitrogen and oxygen atoms in total. The Morgan fingerprint density at radius 2 is 2.05 bits per heavy atom. The molecule has 0 saturated carbocycles. The van der Waals surface area contributed by atoms with Crippen molar-refractivity contribution in [1.82, 2.24) is 4.90 Å². The molecule has 1 heterocycles. The number of nitrogens with zero attached hydrogens (tertiary/aromatic N) is 2. The van der Waals surface area contributed by atoms with Gasteiger partial charge in [0.1, 0.15) is 0 Å². The number of likely N-dealkylation sites (tertiary alicyclic amines) is 1.